The fourth-order valence-electron chi connectivity index (χ4n) is 1.92. The molecule has 0 spiro atoms. The van der Waals surface area contributed by atoms with E-state index in [9.17, 15) is 4.79 Å². The van der Waals surface area contributed by atoms with Gasteiger partial charge in [0.1, 0.15) is 0 Å². The maximum absolute atomic E-state index is 12.1. The third kappa shape index (κ3) is 1.90. The molecular formula is C13H18N2O. The van der Waals surface area contributed by atoms with E-state index in [-0.39, 0.29) is 5.91 Å². The molecule has 3 heteroatoms. The van der Waals surface area contributed by atoms with Gasteiger partial charge in [0.05, 0.1) is 0 Å². The number of benzene rings is 1. The van der Waals surface area contributed by atoms with Crippen LogP contribution in [-0.4, -0.2) is 23.9 Å². The van der Waals surface area contributed by atoms with E-state index in [0.717, 1.165) is 18.4 Å². The van der Waals surface area contributed by atoms with E-state index < -0.39 is 0 Å². The molecule has 2 N–H and O–H groups in total. The lowest BCUT2D eigenvalue weighted by molar-refractivity contribution is 0.0652. The molecule has 0 atom stereocenters. The van der Waals surface area contributed by atoms with Gasteiger partial charge >= 0.3 is 0 Å². The van der Waals surface area contributed by atoms with Crippen molar-refractivity contribution in [2.75, 3.05) is 12.8 Å². The molecule has 1 amide bonds. The number of aryl methyl sites for hydroxylation is 1. The summed E-state index contributed by atoms with van der Waals surface area (Å²) in [6.45, 7) is 1.94. The van der Waals surface area contributed by atoms with Gasteiger partial charge in [0.15, 0.2) is 0 Å². The molecule has 0 saturated heterocycles. The Balaban J connectivity index is 2.16. The Morgan fingerprint density at radius 1 is 1.44 bits per heavy atom. The number of nitrogen functional groups attached to an aromatic ring is 1. The van der Waals surface area contributed by atoms with Gasteiger partial charge in [-0.2, -0.15) is 0 Å². The van der Waals surface area contributed by atoms with Crippen molar-refractivity contribution in [3.63, 3.8) is 0 Å². The third-order valence-electron chi connectivity index (χ3n) is 3.47. The zero-order valence-electron chi connectivity index (χ0n) is 9.86. The van der Waals surface area contributed by atoms with Crippen LogP contribution in [0.3, 0.4) is 0 Å². The molecule has 1 aromatic rings. The highest BCUT2D eigenvalue weighted by Gasteiger charge is 2.26. The molecule has 2 rings (SSSR count). The summed E-state index contributed by atoms with van der Waals surface area (Å²) < 4.78 is 0. The average Bonchev–Trinajstić information content (AvgIpc) is 2.18. The van der Waals surface area contributed by atoms with Crippen LogP contribution in [-0.2, 0) is 0 Å². The molecule has 1 aromatic carbocycles. The molecule has 0 radical (unpaired) electrons. The van der Waals surface area contributed by atoms with Gasteiger partial charge in [0, 0.05) is 24.3 Å². The molecule has 0 aromatic heterocycles. The minimum Gasteiger partial charge on any atom is -0.398 e. The summed E-state index contributed by atoms with van der Waals surface area (Å²) in [6, 6.07) is 5.95. The molecule has 0 unspecified atom stereocenters. The van der Waals surface area contributed by atoms with Crippen molar-refractivity contribution in [2.24, 2.45) is 0 Å². The molecule has 0 heterocycles. The van der Waals surface area contributed by atoms with Crippen LogP contribution in [0.5, 0.6) is 0 Å². The molecule has 1 saturated carbocycles. The highest BCUT2D eigenvalue weighted by Crippen LogP contribution is 2.25. The Labute approximate surface area is 96.2 Å². The fourth-order valence-corrected chi connectivity index (χ4v) is 1.92. The van der Waals surface area contributed by atoms with E-state index in [0.29, 0.717) is 17.3 Å². The molecule has 1 aliphatic carbocycles. The Morgan fingerprint density at radius 2 is 2.12 bits per heavy atom. The van der Waals surface area contributed by atoms with Crippen molar-refractivity contribution in [1.82, 2.24) is 4.90 Å². The normalized spacial score (nSPS) is 15.6. The van der Waals surface area contributed by atoms with Gasteiger partial charge in [-0.25, -0.2) is 0 Å². The van der Waals surface area contributed by atoms with Crippen LogP contribution in [0.25, 0.3) is 0 Å². The number of anilines is 1. The van der Waals surface area contributed by atoms with E-state index >= 15 is 0 Å². The molecular weight excluding hydrogens is 200 g/mol. The van der Waals surface area contributed by atoms with Crippen molar-refractivity contribution in [2.45, 2.75) is 32.2 Å². The Hall–Kier alpha value is -1.51. The highest BCUT2D eigenvalue weighted by molar-refractivity contribution is 5.95. The number of nitrogens with zero attached hydrogens (tertiary/aromatic N) is 1. The predicted octanol–water partition coefficient (Wildman–Crippen LogP) is 2.20. The topological polar surface area (TPSA) is 46.3 Å². The minimum atomic E-state index is 0.0800. The van der Waals surface area contributed by atoms with E-state index in [1.54, 1.807) is 6.07 Å². The Bertz CT molecular complexity index is 410. The lowest BCUT2D eigenvalue weighted by Gasteiger charge is -2.34. The number of carbonyl (C=O) groups excluding carboxylic acids is 1. The van der Waals surface area contributed by atoms with E-state index in [1.165, 1.54) is 6.42 Å². The summed E-state index contributed by atoms with van der Waals surface area (Å²) in [7, 11) is 1.88. The quantitative estimate of drug-likeness (QED) is 0.773. The van der Waals surface area contributed by atoms with Crippen LogP contribution < -0.4 is 5.73 Å². The second-order valence-corrected chi connectivity index (χ2v) is 4.57. The van der Waals surface area contributed by atoms with E-state index in [2.05, 4.69) is 0 Å². The molecule has 1 fully saturated rings. The Kier molecular flexibility index (Phi) is 2.86. The number of nitrogens with two attached hydrogens (primary N) is 1. The number of hydrogen-bond donors (Lipinski definition) is 1. The molecule has 0 aliphatic heterocycles. The largest absolute Gasteiger partial charge is 0.398 e. The zero-order chi connectivity index (χ0) is 11.7. The van der Waals surface area contributed by atoms with Crippen molar-refractivity contribution < 1.29 is 4.79 Å². The maximum atomic E-state index is 12.1. The molecule has 86 valence electrons. The number of amides is 1. The molecule has 3 nitrogen and oxygen atoms in total. The van der Waals surface area contributed by atoms with Gasteiger partial charge in [0.25, 0.3) is 5.91 Å². The van der Waals surface area contributed by atoms with Crippen molar-refractivity contribution in [1.29, 1.82) is 0 Å². The van der Waals surface area contributed by atoms with Gasteiger partial charge in [-0.1, -0.05) is 6.07 Å². The molecule has 1 aliphatic rings. The van der Waals surface area contributed by atoms with Crippen LogP contribution in [0.15, 0.2) is 18.2 Å². The van der Waals surface area contributed by atoms with Crippen molar-refractivity contribution in [3.8, 4) is 0 Å². The molecule has 16 heavy (non-hydrogen) atoms. The highest BCUT2D eigenvalue weighted by atomic mass is 16.2. The monoisotopic (exact) mass is 218 g/mol. The first-order valence-electron chi connectivity index (χ1n) is 5.73. The number of carbonyl (C=O) groups is 1. The first kappa shape index (κ1) is 11.0. The first-order chi connectivity index (χ1) is 7.59. The van der Waals surface area contributed by atoms with Gasteiger partial charge in [-0.15, -0.1) is 0 Å². The molecule has 0 bridgehead atoms. The summed E-state index contributed by atoms with van der Waals surface area (Å²) in [5.74, 6) is 0.0800. The second kappa shape index (κ2) is 4.16. The lowest BCUT2D eigenvalue weighted by Crippen LogP contribution is -2.41. The summed E-state index contributed by atoms with van der Waals surface area (Å²) >= 11 is 0. The van der Waals surface area contributed by atoms with Crippen molar-refractivity contribution in [3.05, 3.63) is 29.3 Å². The van der Waals surface area contributed by atoms with E-state index in [1.807, 2.05) is 31.0 Å². The maximum Gasteiger partial charge on any atom is 0.253 e. The van der Waals surface area contributed by atoms with E-state index in [4.69, 9.17) is 5.73 Å². The fraction of sp³-hybridized carbons (Fsp3) is 0.462. The summed E-state index contributed by atoms with van der Waals surface area (Å²) in [6.07, 6.45) is 3.49. The predicted molar refractivity (Wildman–Crippen MR) is 65.3 cm³/mol. The second-order valence-electron chi connectivity index (χ2n) is 4.57. The van der Waals surface area contributed by atoms with Crippen LogP contribution in [0.1, 0.15) is 35.2 Å². The van der Waals surface area contributed by atoms with Gasteiger partial charge in [0.2, 0.25) is 0 Å². The number of rotatable bonds is 2. The SMILES string of the molecule is Cc1ccc(C(=O)N(C)C2CCC2)cc1N. The van der Waals surface area contributed by atoms with Crippen LogP contribution >= 0.6 is 0 Å². The van der Waals surface area contributed by atoms with Crippen LogP contribution in [0, 0.1) is 6.92 Å². The van der Waals surface area contributed by atoms with Crippen LogP contribution in [0.2, 0.25) is 0 Å². The average molecular weight is 218 g/mol. The Morgan fingerprint density at radius 3 is 2.62 bits per heavy atom. The summed E-state index contributed by atoms with van der Waals surface area (Å²) in [4.78, 5) is 14.0. The van der Waals surface area contributed by atoms with Crippen LogP contribution in [0.4, 0.5) is 5.69 Å². The summed E-state index contributed by atoms with van der Waals surface area (Å²) in [5, 5.41) is 0. The first-order valence-corrected chi connectivity index (χ1v) is 5.73. The smallest absolute Gasteiger partial charge is 0.253 e. The number of hydrogen-bond acceptors (Lipinski definition) is 2. The summed E-state index contributed by atoms with van der Waals surface area (Å²) in [5.41, 5.74) is 8.21. The third-order valence-corrected chi connectivity index (χ3v) is 3.47. The van der Waals surface area contributed by atoms with Gasteiger partial charge in [-0.05, 0) is 43.9 Å². The zero-order valence-corrected chi connectivity index (χ0v) is 9.86. The standard InChI is InChI=1S/C13H18N2O/c1-9-6-7-10(8-12(9)14)13(16)15(2)11-4-3-5-11/h6-8,11H,3-5,14H2,1-2H3. The lowest BCUT2D eigenvalue weighted by atomic mass is 9.91. The minimum absolute atomic E-state index is 0.0800. The van der Waals surface area contributed by atoms with Gasteiger partial charge < -0.3 is 10.6 Å². The van der Waals surface area contributed by atoms with Crippen molar-refractivity contribution >= 4 is 11.6 Å². The van der Waals surface area contributed by atoms with Gasteiger partial charge in [-0.3, -0.25) is 4.79 Å².